The van der Waals surface area contributed by atoms with Crippen LogP contribution in [0.5, 0.6) is 0 Å². The third-order valence-electron chi connectivity index (χ3n) is 1.06. The van der Waals surface area contributed by atoms with Gasteiger partial charge in [0.1, 0.15) is 13.2 Å². The maximum Gasteiger partial charge on any atom is 0.108 e. The van der Waals surface area contributed by atoms with E-state index in [1.54, 1.807) is 0 Å². The molecule has 0 unspecified atom stereocenters. The molecule has 0 aliphatic carbocycles. The highest BCUT2D eigenvalue weighted by atomic mass is 16.5. The van der Waals surface area contributed by atoms with Crippen molar-refractivity contribution in [3.05, 3.63) is 25.7 Å². The van der Waals surface area contributed by atoms with Crippen molar-refractivity contribution in [3.8, 4) is 0 Å². The first-order valence-corrected chi connectivity index (χ1v) is 3.36. The summed E-state index contributed by atoms with van der Waals surface area (Å²) >= 11 is 0. The van der Waals surface area contributed by atoms with Crippen LogP contribution in [0.2, 0.25) is 0 Å². The standard InChI is InChI=1S/C8H15NO2/c1-4-10-6-8(3,9)7-11-5-2/h4-5H,1-2,6-7,9H2,3H3. The lowest BCUT2D eigenvalue weighted by atomic mass is 10.1. The lowest BCUT2D eigenvalue weighted by molar-refractivity contribution is 0.110. The van der Waals surface area contributed by atoms with Gasteiger partial charge in [-0.2, -0.15) is 0 Å². The van der Waals surface area contributed by atoms with Crippen molar-refractivity contribution in [2.24, 2.45) is 5.73 Å². The number of hydrogen-bond acceptors (Lipinski definition) is 3. The van der Waals surface area contributed by atoms with Crippen LogP contribution in [-0.2, 0) is 9.47 Å². The van der Waals surface area contributed by atoms with Crippen molar-refractivity contribution in [2.75, 3.05) is 13.2 Å². The SMILES string of the molecule is C=COCC(C)(N)COC=C. The molecule has 0 atom stereocenters. The quantitative estimate of drug-likeness (QED) is 0.585. The smallest absolute Gasteiger partial charge is 0.108 e. The summed E-state index contributed by atoms with van der Waals surface area (Å²) in [6.07, 6.45) is 2.72. The average molecular weight is 157 g/mol. The fraction of sp³-hybridized carbons (Fsp3) is 0.500. The Labute approximate surface area is 67.5 Å². The third-order valence-corrected chi connectivity index (χ3v) is 1.06. The Morgan fingerprint density at radius 3 is 1.91 bits per heavy atom. The molecular weight excluding hydrogens is 142 g/mol. The molecule has 0 aliphatic heterocycles. The zero-order valence-corrected chi connectivity index (χ0v) is 6.88. The molecule has 0 fully saturated rings. The number of rotatable bonds is 6. The Morgan fingerprint density at radius 2 is 1.64 bits per heavy atom. The molecule has 3 nitrogen and oxygen atoms in total. The van der Waals surface area contributed by atoms with Gasteiger partial charge in [-0.1, -0.05) is 13.2 Å². The monoisotopic (exact) mass is 157 g/mol. The van der Waals surface area contributed by atoms with E-state index < -0.39 is 5.54 Å². The maximum atomic E-state index is 5.74. The minimum Gasteiger partial charge on any atom is -0.500 e. The Hall–Kier alpha value is -0.960. The van der Waals surface area contributed by atoms with E-state index in [4.69, 9.17) is 15.2 Å². The molecule has 0 aromatic rings. The van der Waals surface area contributed by atoms with Gasteiger partial charge in [0.25, 0.3) is 0 Å². The minimum absolute atomic E-state index is 0.393. The maximum absolute atomic E-state index is 5.74. The largest absolute Gasteiger partial charge is 0.500 e. The summed E-state index contributed by atoms with van der Waals surface area (Å²) in [4.78, 5) is 0. The predicted molar refractivity (Wildman–Crippen MR) is 44.9 cm³/mol. The molecule has 0 spiro atoms. The zero-order chi connectivity index (χ0) is 8.74. The first-order chi connectivity index (χ1) is 5.12. The molecule has 0 rings (SSSR count). The van der Waals surface area contributed by atoms with Crippen LogP contribution in [0, 0.1) is 0 Å². The number of hydrogen-bond donors (Lipinski definition) is 1. The molecular formula is C8H15NO2. The van der Waals surface area contributed by atoms with Gasteiger partial charge in [0, 0.05) is 0 Å². The van der Waals surface area contributed by atoms with Gasteiger partial charge in [-0.05, 0) is 6.92 Å². The van der Waals surface area contributed by atoms with Crippen molar-refractivity contribution < 1.29 is 9.47 Å². The fourth-order valence-electron chi connectivity index (χ4n) is 0.540. The van der Waals surface area contributed by atoms with Gasteiger partial charge < -0.3 is 15.2 Å². The van der Waals surface area contributed by atoms with Crippen molar-refractivity contribution in [3.63, 3.8) is 0 Å². The summed E-state index contributed by atoms with van der Waals surface area (Å²) < 4.78 is 9.84. The molecule has 0 radical (unpaired) electrons. The molecule has 0 bridgehead atoms. The average Bonchev–Trinajstić information content (AvgIpc) is 1.97. The van der Waals surface area contributed by atoms with Crippen LogP contribution in [0.3, 0.4) is 0 Å². The summed E-state index contributed by atoms with van der Waals surface area (Å²) in [5.74, 6) is 0. The topological polar surface area (TPSA) is 44.5 Å². The van der Waals surface area contributed by atoms with E-state index in [0.29, 0.717) is 13.2 Å². The molecule has 0 heterocycles. The Morgan fingerprint density at radius 1 is 1.27 bits per heavy atom. The summed E-state index contributed by atoms with van der Waals surface area (Å²) in [7, 11) is 0. The van der Waals surface area contributed by atoms with Crippen LogP contribution >= 0.6 is 0 Å². The van der Waals surface area contributed by atoms with E-state index in [0.717, 1.165) is 0 Å². The highest BCUT2D eigenvalue weighted by molar-refractivity contribution is 4.79. The second kappa shape index (κ2) is 4.79. The fourth-order valence-corrected chi connectivity index (χ4v) is 0.540. The normalized spacial score (nSPS) is 10.4. The Bertz CT molecular complexity index is 118. The summed E-state index contributed by atoms with van der Waals surface area (Å²) in [5, 5.41) is 0. The first-order valence-electron chi connectivity index (χ1n) is 3.36. The van der Waals surface area contributed by atoms with E-state index in [1.165, 1.54) is 12.5 Å². The Balaban J connectivity index is 3.59. The molecule has 0 saturated heterocycles. The second-order valence-corrected chi connectivity index (χ2v) is 2.61. The van der Waals surface area contributed by atoms with Crippen molar-refractivity contribution >= 4 is 0 Å². The van der Waals surface area contributed by atoms with Gasteiger partial charge in [-0.25, -0.2) is 0 Å². The van der Waals surface area contributed by atoms with Crippen molar-refractivity contribution in [1.82, 2.24) is 0 Å². The van der Waals surface area contributed by atoms with Gasteiger partial charge in [0.2, 0.25) is 0 Å². The number of ether oxygens (including phenoxy) is 2. The highest BCUT2D eigenvalue weighted by Crippen LogP contribution is 2.00. The van der Waals surface area contributed by atoms with Crippen LogP contribution < -0.4 is 5.73 Å². The predicted octanol–water partition coefficient (Wildman–Crippen LogP) is 1.02. The van der Waals surface area contributed by atoms with Crippen LogP contribution in [0.25, 0.3) is 0 Å². The molecule has 0 aromatic heterocycles. The highest BCUT2D eigenvalue weighted by Gasteiger charge is 2.18. The first kappa shape index (κ1) is 10.0. The summed E-state index contributed by atoms with van der Waals surface area (Å²) in [6, 6.07) is 0. The van der Waals surface area contributed by atoms with Crippen LogP contribution in [0.1, 0.15) is 6.92 Å². The molecule has 3 heteroatoms. The lowest BCUT2D eigenvalue weighted by Gasteiger charge is -2.22. The van der Waals surface area contributed by atoms with E-state index in [-0.39, 0.29) is 0 Å². The molecule has 2 N–H and O–H groups in total. The lowest BCUT2D eigenvalue weighted by Crippen LogP contribution is -2.44. The van der Waals surface area contributed by atoms with E-state index >= 15 is 0 Å². The van der Waals surface area contributed by atoms with Gasteiger partial charge in [-0.15, -0.1) is 0 Å². The van der Waals surface area contributed by atoms with Gasteiger partial charge >= 0.3 is 0 Å². The molecule has 64 valence electrons. The Kier molecular flexibility index (Phi) is 4.38. The van der Waals surface area contributed by atoms with Gasteiger partial charge in [0.05, 0.1) is 18.1 Å². The molecule has 0 saturated carbocycles. The molecule has 0 aromatic carbocycles. The minimum atomic E-state index is -0.484. The molecule has 0 amide bonds. The van der Waals surface area contributed by atoms with E-state index in [1.807, 2.05) is 6.92 Å². The van der Waals surface area contributed by atoms with Crippen molar-refractivity contribution in [1.29, 1.82) is 0 Å². The number of nitrogens with two attached hydrogens (primary N) is 1. The van der Waals surface area contributed by atoms with E-state index in [2.05, 4.69) is 13.2 Å². The van der Waals surface area contributed by atoms with Gasteiger partial charge in [0.15, 0.2) is 0 Å². The summed E-state index contributed by atoms with van der Waals surface area (Å²) in [5.41, 5.74) is 5.26. The summed E-state index contributed by atoms with van der Waals surface area (Å²) in [6.45, 7) is 9.43. The molecule has 11 heavy (non-hydrogen) atoms. The van der Waals surface area contributed by atoms with E-state index in [9.17, 15) is 0 Å². The van der Waals surface area contributed by atoms with Crippen molar-refractivity contribution in [2.45, 2.75) is 12.5 Å². The van der Waals surface area contributed by atoms with Crippen LogP contribution in [-0.4, -0.2) is 18.8 Å². The van der Waals surface area contributed by atoms with Crippen LogP contribution in [0.4, 0.5) is 0 Å². The zero-order valence-electron chi connectivity index (χ0n) is 6.88. The van der Waals surface area contributed by atoms with Gasteiger partial charge in [-0.3, -0.25) is 0 Å². The molecule has 0 aliphatic rings. The second-order valence-electron chi connectivity index (χ2n) is 2.61. The van der Waals surface area contributed by atoms with Crippen LogP contribution in [0.15, 0.2) is 25.7 Å². The third kappa shape index (κ3) is 5.48.